The van der Waals surface area contributed by atoms with E-state index in [0.717, 1.165) is 12.1 Å². The van der Waals surface area contributed by atoms with Gasteiger partial charge in [0.2, 0.25) is 0 Å². The summed E-state index contributed by atoms with van der Waals surface area (Å²) in [6.45, 7) is 0. The van der Waals surface area contributed by atoms with Gasteiger partial charge in [-0.15, -0.1) is 11.6 Å². The van der Waals surface area contributed by atoms with Gasteiger partial charge in [0, 0.05) is 5.56 Å². The van der Waals surface area contributed by atoms with Gasteiger partial charge in [0.25, 0.3) is 0 Å². The van der Waals surface area contributed by atoms with Crippen molar-refractivity contribution in [3.05, 3.63) is 35.4 Å². The molecule has 0 aliphatic carbocycles. The summed E-state index contributed by atoms with van der Waals surface area (Å²) in [7, 11) is 0. The number of hydrogen-bond donors (Lipinski definition) is 0. The molecule has 76 valence electrons. The molecule has 5 heteroatoms. The van der Waals surface area contributed by atoms with E-state index in [9.17, 15) is 18.0 Å². The van der Waals surface area contributed by atoms with Gasteiger partial charge >= 0.3 is 0 Å². The van der Waals surface area contributed by atoms with Crippen molar-refractivity contribution < 1.29 is 18.0 Å². The molecule has 1 unspecified atom stereocenters. The number of rotatable bonds is 3. The van der Waals surface area contributed by atoms with Gasteiger partial charge in [0.05, 0.1) is 5.88 Å². The van der Waals surface area contributed by atoms with Crippen molar-refractivity contribution in [2.24, 2.45) is 0 Å². The maximum absolute atomic E-state index is 13.1. The third-order valence-electron chi connectivity index (χ3n) is 1.65. The third-order valence-corrected chi connectivity index (χ3v) is 1.91. The van der Waals surface area contributed by atoms with Gasteiger partial charge in [-0.05, 0) is 18.2 Å². The molecule has 0 aromatic heterocycles. The maximum atomic E-state index is 13.1. The minimum atomic E-state index is -2.21. The average molecular weight is 223 g/mol. The molecule has 0 heterocycles. The zero-order chi connectivity index (χ0) is 10.7. The lowest BCUT2D eigenvalue weighted by atomic mass is 10.1. The first kappa shape index (κ1) is 11.0. The van der Waals surface area contributed by atoms with E-state index in [0.29, 0.717) is 6.07 Å². The van der Waals surface area contributed by atoms with E-state index in [1.165, 1.54) is 0 Å². The lowest BCUT2D eigenvalue weighted by Gasteiger charge is -2.06. The van der Waals surface area contributed by atoms with Crippen LogP contribution >= 0.6 is 11.6 Å². The first-order valence-electron chi connectivity index (χ1n) is 3.74. The second kappa shape index (κ2) is 4.46. The summed E-state index contributed by atoms with van der Waals surface area (Å²) >= 11 is 5.08. The second-order valence-corrected chi connectivity index (χ2v) is 2.90. The first-order chi connectivity index (χ1) is 6.56. The van der Waals surface area contributed by atoms with Gasteiger partial charge in [0.15, 0.2) is 12.0 Å². The van der Waals surface area contributed by atoms with Crippen molar-refractivity contribution >= 4 is 17.4 Å². The van der Waals surface area contributed by atoms with Crippen molar-refractivity contribution in [2.75, 3.05) is 5.88 Å². The zero-order valence-electron chi connectivity index (χ0n) is 6.94. The van der Waals surface area contributed by atoms with Crippen molar-refractivity contribution in [3.8, 4) is 0 Å². The molecule has 0 N–H and O–H groups in total. The second-order valence-electron chi connectivity index (χ2n) is 2.63. The summed E-state index contributed by atoms with van der Waals surface area (Å²) in [6, 6.07) is 2.25. The molecule has 0 aliphatic rings. The van der Waals surface area contributed by atoms with Crippen molar-refractivity contribution in [1.29, 1.82) is 0 Å². The maximum Gasteiger partial charge on any atom is 0.187 e. The lowest BCUT2D eigenvalue weighted by Crippen LogP contribution is -2.11. The predicted molar refractivity (Wildman–Crippen MR) is 45.9 cm³/mol. The number of ketones is 1. The van der Waals surface area contributed by atoms with E-state index in [1.807, 2.05) is 0 Å². The monoisotopic (exact) mass is 222 g/mol. The van der Waals surface area contributed by atoms with E-state index in [-0.39, 0.29) is 0 Å². The number of alkyl halides is 2. The van der Waals surface area contributed by atoms with E-state index in [2.05, 4.69) is 0 Å². The van der Waals surface area contributed by atoms with Crippen LogP contribution in [-0.4, -0.2) is 11.7 Å². The molecule has 0 radical (unpaired) electrons. The highest BCUT2D eigenvalue weighted by Crippen LogP contribution is 2.22. The molecule has 0 fully saturated rings. The average Bonchev–Trinajstić information content (AvgIpc) is 2.19. The third kappa shape index (κ3) is 2.26. The molecule has 1 aromatic carbocycles. The number of Topliss-reactive ketones (excluding diaryl/α,β-unsaturated/α-hetero) is 1. The number of benzene rings is 1. The molecule has 0 aliphatic heterocycles. The van der Waals surface area contributed by atoms with Gasteiger partial charge in [-0.25, -0.2) is 13.2 Å². The van der Waals surface area contributed by atoms with Crippen LogP contribution in [0.2, 0.25) is 0 Å². The van der Waals surface area contributed by atoms with E-state index in [4.69, 9.17) is 11.6 Å². The van der Waals surface area contributed by atoms with Crippen LogP contribution in [0.1, 0.15) is 11.7 Å². The Morgan fingerprint density at radius 2 is 2.07 bits per heavy atom. The lowest BCUT2D eigenvalue weighted by molar-refractivity contribution is -0.121. The Bertz CT molecular complexity index is 354. The fraction of sp³-hybridized carbons (Fsp3) is 0.222. The smallest absolute Gasteiger partial charge is 0.187 e. The molecular weight excluding hydrogens is 217 g/mol. The van der Waals surface area contributed by atoms with Crippen LogP contribution in [0.5, 0.6) is 0 Å². The molecule has 0 amide bonds. The topological polar surface area (TPSA) is 17.1 Å². The Hall–Kier alpha value is -1.03. The Balaban J connectivity index is 3.05. The Kier molecular flexibility index (Phi) is 3.52. The Labute approximate surface area is 83.5 Å². The highest BCUT2D eigenvalue weighted by molar-refractivity contribution is 6.28. The largest absolute Gasteiger partial charge is 0.295 e. The van der Waals surface area contributed by atoms with E-state index in [1.54, 1.807) is 0 Å². The van der Waals surface area contributed by atoms with Crippen molar-refractivity contribution in [3.63, 3.8) is 0 Å². The van der Waals surface area contributed by atoms with Crippen LogP contribution in [-0.2, 0) is 4.79 Å². The number of hydrogen-bond acceptors (Lipinski definition) is 1. The first-order valence-corrected chi connectivity index (χ1v) is 4.27. The SMILES string of the molecule is O=C(CCl)C(F)c1cc(F)ccc1F. The van der Waals surface area contributed by atoms with Gasteiger partial charge < -0.3 is 0 Å². The summed E-state index contributed by atoms with van der Waals surface area (Å²) < 4.78 is 38.6. The zero-order valence-corrected chi connectivity index (χ0v) is 7.69. The Morgan fingerprint density at radius 3 is 2.64 bits per heavy atom. The van der Waals surface area contributed by atoms with Crippen molar-refractivity contribution in [1.82, 2.24) is 0 Å². The van der Waals surface area contributed by atoms with Gasteiger partial charge in [-0.2, -0.15) is 0 Å². The van der Waals surface area contributed by atoms with E-state index >= 15 is 0 Å². The molecule has 1 nitrogen and oxygen atoms in total. The minimum absolute atomic E-state index is 0.572. The molecule has 1 atom stereocenters. The molecule has 0 bridgehead atoms. The van der Waals surface area contributed by atoms with Gasteiger partial charge in [-0.1, -0.05) is 0 Å². The normalized spacial score (nSPS) is 12.6. The number of halogens is 4. The fourth-order valence-corrected chi connectivity index (χ4v) is 1.09. The molecule has 14 heavy (non-hydrogen) atoms. The molecular formula is C9H6ClF3O. The van der Waals surface area contributed by atoms with Crippen LogP contribution in [0.25, 0.3) is 0 Å². The van der Waals surface area contributed by atoms with Gasteiger partial charge in [-0.3, -0.25) is 4.79 Å². The number of carbonyl (C=O) groups excluding carboxylic acids is 1. The summed E-state index contributed by atoms with van der Waals surface area (Å²) in [4.78, 5) is 10.8. The number of carbonyl (C=O) groups is 1. The molecule has 1 rings (SSSR count). The predicted octanol–water partition coefficient (Wildman–Crippen LogP) is 2.78. The highest BCUT2D eigenvalue weighted by Gasteiger charge is 2.22. The van der Waals surface area contributed by atoms with Crippen LogP contribution in [0, 0.1) is 11.6 Å². The minimum Gasteiger partial charge on any atom is -0.295 e. The molecule has 0 spiro atoms. The summed E-state index contributed by atoms with van der Waals surface area (Å²) in [5.74, 6) is -3.32. The van der Waals surface area contributed by atoms with Crippen LogP contribution in [0.3, 0.4) is 0 Å². The van der Waals surface area contributed by atoms with Crippen LogP contribution in [0.4, 0.5) is 13.2 Å². The van der Waals surface area contributed by atoms with Crippen molar-refractivity contribution in [2.45, 2.75) is 6.17 Å². The van der Waals surface area contributed by atoms with Crippen LogP contribution < -0.4 is 0 Å². The van der Waals surface area contributed by atoms with Gasteiger partial charge in [0.1, 0.15) is 11.6 Å². The quantitative estimate of drug-likeness (QED) is 0.719. The molecule has 0 saturated carbocycles. The molecule has 0 saturated heterocycles. The fourth-order valence-electron chi connectivity index (χ4n) is 0.950. The summed E-state index contributed by atoms with van der Waals surface area (Å²) in [5.41, 5.74) is -0.615. The molecule has 1 aromatic rings. The Morgan fingerprint density at radius 1 is 1.43 bits per heavy atom. The summed E-state index contributed by atoms with van der Waals surface area (Å²) in [6.07, 6.45) is -2.21. The highest BCUT2D eigenvalue weighted by atomic mass is 35.5. The van der Waals surface area contributed by atoms with Crippen LogP contribution in [0.15, 0.2) is 18.2 Å². The summed E-state index contributed by atoms with van der Waals surface area (Å²) in [5, 5.41) is 0. The van der Waals surface area contributed by atoms with E-state index < -0.39 is 35.0 Å². The standard InChI is InChI=1S/C9H6ClF3O/c10-4-8(14)9(13)6-3-5(11)1-2-7(6)12/h1-3,9H,4H2.